The number of nitrogens with zero attached hydrogens (tertiary/aromatic N) is 1. The fraction of sp³-hybridized carbons (Fsp3) is 0.647. The molecule has 1 heterocycles. The average molecular weight is 304 g/mol. The molecule has 0 radical (unpaired) electrons. The molecule has 2 aliphatic rings. The predicted molar refractivity (Wildman–Crippen MR) is 85.1 cm³/mol. The van der Waals surface area contributed by atoms with Crippen LogP contribution in [0.25, 0.3) is 0 Å². The molecule has 0 aromatic heterocycles. The van der Waals surface area contributed by atoms with Crippen LogP contribution in [0.5, 0.6) is 5.75 Å². The molecule has 1 N–H and O–H groups in total. The molecule has 22 heavy (non-hydrogen) atoms. The van der Waals surface area contributed by atoms with Gasteiger partial charge in [-0.3, -0.25) is 10.1 Å². The van der Waals surface area contributed by atoms with Gasteiger partial charge in [0.25, 0.3) is 0 Å². The SMILES string of the molecule is O=[N+]([O-])c1ccccc1OC(C1CCCCC1)[C@H]1CCNC1. The first-order valence-corrected chi connectivity index (χ1v) is 8.36. The van der Waals surface area contributed by atoms with Gasteiger partial charge in [-0.1, -0.05) is 31.4 Å². The van der Waals surface area contributed by atoms with Crippen LogP contribution < -0.4 is 10.1 Å². The van der Waals surface area contributed by atoms with Crippen LogP contribution in [-0.2, 0) is 0 Å². The van der Waals surface area contributed by atoms with E-state index in [4.69, 9.17) is 4.74 Å². The standard InChI is InChI=1S/C17H24N2O3/c20-19(21)15-8-4-5-9-16(15)22-17(14-10-11-18-12-14)13-6-2-1-3-7-13/h4-5,8-9,13-14,17-18H,1-3,6-7,10-12H2/t14-,17?/m0/s1. The van der Waals surface area contributed by atoms with E-state index in [9.17, 15) is 10.1 Å². The number of nitro groups is 1. The van der Waals surface area contributed by atoms with Crippen molar-refractivity contribution in [2.24, 2.45) is 11.8 Å². The first-order chi connectivity index (χ1) is 10.8. The third-order valence-electron chi connectivity index (χ3n) is 5.00. The van der Waals surface area contributed by atoms with Crippen LogP contribution in [0.1, 0.15) is 38.5 Å². The van der Waals surface area contributed by atoms with Gasteiger partial charge in [-0.2, -0.15) is 0 Å². The van der Waals surface area contributed by atoms with Crippen molar-refractivity contribution in [3.8, 4) is 5.75 Å². The molecule has 120 valence electrons. The summed E-state index contributed by atoms with van der Waals surface area (Å²) in [5, 5.41) is 14.6. The molecule has 2 fully saturated rings. The molecular weight excluding hydrogens is 280 g/mol. The second kappa shape index (κ2) is 7.09. The van der Waals surface area contributed by atoms with Gasteiger partial charge >= 0.3 is 5.69 Å². The lowest BCUT2D eigenvalue weighted by molar-refractivity contribution is -0.386. The Labute approximate surface area is 131 Å². The van der Waals surface area contributed by atoms with Gasteiger partial charge in [-0.15, -0.1) is 0 Å². The third-order valence-corrected chi connectivity index (χ3v) is 5.00. The van der Waals surface area contributed by atoms with Crippen LogP contribution in [0, 0.1) is 22.0 Å². The highest BCUT2D eigenvalue weighted by atomic mass is 16.6. The van der Waals surface area contributed by atoms with E-state index in [1.807, 2.05) is 6.07 Å². The first-order valence-electron chi connectivity index (χ1n) is 8.36. The highest BCUT2D eigenvalue weighted by molar-refractivity contribution is 5.45. The minimum atomic E-state index is -0.347. The Bertz CT molecular complexity index is 508. The smallest absolute Gasteiger partial charge is 0.310 e. The Kier molecular flexibility index (Phi) is 4.93. The minimum Gasteiger partial charge on any atom is -0.483 e. The lowest BCUT2D eigenvalue weighted by Gasteiger charge is -2.34. The maximum Gasteiger partial charge on any atom is 0.310 e. The zero-order valence-electron chi connectivity index (χ0n) is 12.9. The quantitative estimate of drug-likeness (QED) is 0.667. The van der Waals surface area contributed by atoms with E-state index >= 15 is 0 Å². The molecular formula is C17H24N2O3. The Hall–Kier alpha value is -1.62. The van der Waals surface area contributed by atoms with Crippen LogP contribution in [0.4, 0.5) is 5.69 Å². The fourth-order valence-electron chi connectivity index (χ4n) is 3.85. The topological polar surface area (TPSA) is 64.4 Å². The van der Waals surface area contributed by atoms with Crippen molar-refractivity contribution in [1.29, 1.82) is 0 Å². The predicted octanol–water partition coefficient (Wildman–Crippen LogP) is 3.53. The van der Waals surface area contributed by atoms with Crippen molar-refractivity contribution in [3.05, 3.63) is 34.4 Å². The number of hydrogen-bond acceptors (Lipinski definition) is 4. The number of rotatable bonds is 5. The van der Waals surface area contributed by atoms with Crippen LogP contribution in [0.15, 0.2) is 24.3 Å². The van der Waals surface area contributed by atoms with Gasteiger partial charge in [-0.25, -0.2) is 0 Å². The highest BCUT2D eigenvalue weighted by Crippen LogP contribution is 2.36. The van der Waals surface area contributed by atoms with Crippen LogP contribution in [0.3, 0.4) is 0 Å². The number of ether oxygens (including phenoxy) is 1. The summed E-state index contributed by atoms with van der Waals surface area (Å²) in [6.07, 6.45) is 7.36. The number of nitro benzene ring substituents is 1. The van der Waals surface area contributed by atoms with Crippen LogP contribution in [-0.4, -0.2) is 24.1 Å². The van der Waals surface area contributed by atoms with Gasteiger partial charge in [0, 0.05) is 18.5 Å². The number of para-hydroxylation sites is 2. The van der Waals surface area contributed by atoms with E-state index < -0.39 is 0 Å². The van der Waals surface area contributed by atoms with E-state index in [1.54, 1.807) is 12.1 Å². The van der Waals surface area contributed by atoms with Crippen molar-refractivity contribution >= 4 is 5.69 Å². The van der Waals surface area contributed by atoms with Gasteiger partial charge < -0.3 is 10.1 Å². The van der Waals surface area contributed by atoms with Gasteiger partial charge in [0.1, 0.15) is 6.10 Å². The van der Waals surface area contributed by atoms with Crippen LogP contribution in [0.2, 0.25) is 0 Å². The van der Waals surface area contributed by atoms with E-state index in [-0.39, 0.29) is 16.7 Å². The zero-order valence-corrected chi connectivity index (χ0v) is 12.9. The summed E-state index contributed by atoms with van der Waals surface area (Å²) in [4.78, 5) is 10.9. The van der Waals surface area contributed by atoms with Crippen molar-refractivity contribution in [3.63, 3.8) is 0 Å². The molecule has 1 saturated heterocycles. The molecule has 1 aromatic rings. The number of nitrogens with one attached hydrogen (secondary N) is 1. The number of hydrogen-bond donors (Lipinski definition) is 1. The molecule has 0 amide bonds. The van der Waals surface area contributed by atoms with Crippen molar-refractivity contribution < 1.29 is 9.66 Å². The largest absolute Gasteiger partial charge is 0.483 e. The van der Waals surface area contributed by atoms with E-state index in [1.165, 1.54) is 38.2 Å². The molecule has 1 unspecified atom stereocenters. The Morgan fingerprint density at radius 1 is 1.14 bits per heavy atom. The normalized spacial score (nSPS) is 24.1. The summed E-state index contributed by atoms with van der Waals surface area (Å²) in [7, 11) is 0. The summed E-state index contributed by atoms with van der Waals surface area (Å²) in [5.41, 5.74) is 0.0780. The van der Waals surface area contributed by atoms with E-state index in [2.05, 4.69) is 5.32 Å². The summed E-state index contributed by atoms with van der Waals surface area (Å²) in [5.74, 6) is 1.41. The molecule has 2 atom stereocenters. The Morgan fingerprint density at radius 2 is 1.91 bits per heavy atom. The van der Waals surface area contributed by atoms with Crippen molar-refractivity contribution in [2.75, 3.05) is 13.1 Å². The lowest BCUT2D eigenvalue weighted by Crippen LogP contribution is -2.37. The van der Waals surface area contributed by atoms with E-state index in [0.717, 1.165) is 19.5 Å². The molecule has 1 aromatic carbocycles. The maximum atomic E-state index is 11.2. The Morgan fingerprint density at radius 3 is 2.59 bits per heavy atom. The summed E-state index contributed by atoms with van der Waals surface area (Å²) >= 11 is 0. The monoisotopic (exact) mass is 304 g/mol. The van der Waals surface area contributed by atoms with Gasteiger partial charge in [-0.05, 0) is 37.8 Å². The van der Waals surface area contributed by atoms with Crippen molar-refractivity contribution in [2.45, 2.75) is 44.6 Å². The molecule has 5 heteroatoms. The van der Waals surface area contributed by atoms with Crippen molar-refractivity contribution in [1.82, 2.24) is 5.32 Å². The molecule has 1 aliphatic heterocycles. The summed E-state index contributed by atoms with van der Waals surface area (Å²) in [6, 6.07) is 6.77. The summed E-state index contributed by atoms with van der Waals surface area (Å²) in [6.45, 7) is 1.98. The summed E-state index contributed by atoms with van der Waals surface area (Å²) < 4.78 is 6.25. The molecule has 0 bridgehead atoms. The lowest BCUT2D eigenvalue weighted by atomic mass is 9.80. The van der Waals surface area contributed by atoms with Gasteiger partial charge in [0.15, 0.2) is 5.75 Å². The van der Waals surface area contributed by atoms with Crippen LogP contribution >= 0.6 is 0 Å². The molecule has 5 nitrogen and oxygen atoms in total. The third kappa shape index (κ3) is 3.40. The molecule has 0 spiro atoms. The minimum absolute atomic E-state index is 0.0780. The van der Waals surface area contributed by atoms with Gasteiger partial charge in [0.05, 0.1) is 4.92 Å². The van der Waals surface area contributed by atoms with E-state index in [0.29, 0.717) is 17.6 Å². The Balaban J connectivity index is 1.81. The second-order valence-electron chi connectivity index (χ2n) is 6.46. The zero-order chi connectivity index (χ0) is 15.4. The van der Waals surface area contributed by atoms with Gasteiger partial charge in [0.2, 0.25) is 0 Å². The molecule has 1 saturated carbocycles. The maximum absolute atomic E-state index is 11.2. The number of benzene rings is 1. The second-order valence-corrected chi connectivity index (χ2v) is 6.46. The molecule has 1 aliphatic carbocycles. The first kappa shape index (κ1) is 15.3. The average Bonchev–Trinajstić information content (AvgIpc) is 3.08. The molecule has 3 rings (SSSR count). The fourth-order valence-corrected chi connectivity index (χ4v) is 3.85. The highest BCUT2D eigenvalue weighted by Gasteiger charge is 2.35.